The van der Waals surface area contributed by atoms with Gasteiger partial charge in [-0.1, -0.05) is 42.8 Å². The fourth-order valence-electron chi connectivity index (χ4n) is 2.33. The highest BCUT2D eigenvalue weighted by Gasteiger charge is 2.11. The van der Waals surface area contributed by atoms with Gasteiger partial charge >= 0.3 is 0 Å². The second-order valence-corrected chi connectivity index (χ2v) is 5.04. The summed E-state index contributed by atoms with van der Waals surface area (Å²) in [6, 6.07) is 14.1. The van der Waals surface area contributed by atoms with E-state index in [1.807, 2.05) is 35.1 Å². The molecule has 0 bridgehead atoms. The molecule has 20 heavy (non-hydrogen) atoms. The van der Waals surface area contributed by atoms with Gasteiger partial charge in [0.25, 0.3) is 0 Å². The molecule has 2 aromatic carbocycles. The van der Waals surface area contributed by atoms with Gasteiger partial charge in [-0.2, -0.15) is 5.10 Å². The Hall–Kier alpha value is -1.84. The number of hydrogen-bond donors (Lipinski definition) is 1. The highest BCUT2D eigenvalue weighted by atomic mass is 35.5. The van der Waals surface area contributed by atoms with Crippen molar-refractivity contribution >= 4 is 22.5 Å². The summed E-state index contributed by atoms with van der Waals surface area (Å²) >= 11 is 6.35. The molecule has 0 saturated carbocycles. The number of nitrogens with one attached hydrogen (secondary N) is 1. The summed E-state index contributed by atoms with van der Waals surface area (Å²) in [4.78, 5) is 0. The lowest BCUT2D eigenvalue weighted by Crippen LogP contribution is -2.14. The fraction of sp³-hybridized carbons (Fsp3) is 0.188. The molecule has 4 heteroatoms. The van der Waals surface area contributed by atoms with Crippen LogP contribution in [0, 0.1) is 0 Å². The minimum Gasteiger partial charge on any atom is -0.313 e. The molecule has 0 aliphatic carbocycles. The second-order valence-electron chi connectivity index (χ2n) is 4.63. The smallest absolute Gasteiger partial charge is 0.0741 e. The van der Waals surface area contributed by atoms with E-state index >= 15 is 0 Å². The van der Waals surface area contributed by atoms with E-state index < -0.39 is 0 Å². The average Bonchev–Trinajstić information content (AvgIpc) is 2.89. The van der Waals surface area contributed by atoms with Crippen LogP contribution in [0.2, 0.25) is 5.02 Å². The molecule has 0 saturated heterocycles. The van der Waals surface area contributed by atoms with E-state index in [9.17, 15) is 0 Å². The highest BCUT2D eigenvalue weighted by molar-refractivity contribution is 6.31. The van der Waals surface area contributed by atoms with Crippen molar-refractivity contribution in [1.29, 1.82) is 0 Å². The van der Waals surface area contributed by atoms with Crippen molar-refractivity contribution in [2.24, 2.45) is 0 Å². The molecule has 3 aromatic rings. The summed E-state index contributed by atoms with van der Waals surface area (Å²) in [5, 5.41) is 9.73. The average molecular weight is 286 g/mol. The molecule has 0 radical (unpaired) electrons. The molecule has 0 amide bonds. The van der Waals surface area contributed by atoms with Crippen LogP contribution in [0.5, 0.6) is 0 Å². The topological polar surface area (TPSA) is 29.9 Å². The third-order valence-electron chi connectivity index (χ3n) is 3.35. The number of halogens is 1. The predicted octanol–water partition coefficient (Wildman–Crippen LogP) is 3.79. The van der Waals surface area contributed by atoms with Crippen molar-refractivity contribution in [3.8, 4) is 5.69 Å². The van der Waals surface area contributed by atoms with Gasteiger partial charge < -0.3 is 5.32 Å². The van der Waals surface area contributed by atoms with Crippen LogP contribution >= 0.6 is 11.6 Å². The Morgan fingerprint density at radius 1 is 1.15 bits per heavy atom. The number of aromatic nitrogens is 2. The van der Waals surface area contributed by atoms with E-state index in [1.165, 1.54) is 0 Å². The molecule has 102 valence electrons. The first-order chi connectivity index (χ1) is 9.81. The number of rotatable bonds is 4. The maximum Gasteiger partial charge on any atom is 0.0741 e. The fourth-order valence-corrected chi connectivity index (χ4v) is 2.57. The zero-order valence-corrected chi connectivity index (χ0v) is 12.1. The summed E-state index contributed by atoms with van der Waals surface area (Å²) in [5.41, 5.74) is 3.19. The molecule has 3 nitrogen and oxygen atoms in total. The van der Waals surface area contributed by atoms with E-state index in [2.05, 4.69) is 35.5 Å². The lowest BCUT2D eigenvalue weighted by atomic mass is 10.1. The quantitative estimate of drug-likeness (QED) is 0.790. The third kappa shape index (κ3) is 2.30. The monoisotopic (exact) mass is 285 g/mol. The van der Waals surface area contributed by atoms with Crippen LogP contribution < -0.4 is 5.32 Å². The second kappa shape index (κ2) is 5.65. The van der Waals surface area contributed by atoms with E-state index in [0.29, 0.717) is 0 Å². The zero-order chi connectivity index (χ0) is 13.9. The van der Waals surface area contributed by atoms with Crippen LogP contribution in [0.25, 0.3) is 16.6 Å². The first kappa shape index (κ1) is 13.2. The molecular formula is C16H16ClN3. The van der Waals surface area contributed by atoms with Crippen molar-refractivity contribution in [3.63, 3.8) is 0 Å². The standard InChI is InChI=1S/C16H16ClN3/c1-2-18-11-13-14(17)7-5-9-16(13)20-15-8-4-3-6-12(15)10-19-20/h3-10,18H,2,11H2,1H3. The largest absolute Gasteiger partial charge is 0.313 e. The van der Waals surface area contributed by atoms with Crippen molar-refractivity contribution in [2.75, 3.05) is 6.54 Å². The molecule has 1 N–H and O–H groups in total. The van der Waals surface area contributed by atoms with E-state index in [-0.39, 0.29) is 0 Å². The van der Waals surface area contributed by atoms with Crippen molar-refractivity contribution in [3.05, 3.63) is 59.2 Å². The third-order valence-corrected chi connectivity index (χ3v) is 3.71. The summed E-state index contributed by atoms with van der Waals surface area (Å²) in [6.07, 6.45) is 1.88. The molecule has 0 aliphatic heterocycles. The van der Waals surface area contributed by atoms with Crippen LogP contribution in [0.1, 0.15) is 12.5 Å². The van der Waals surface area contributed by atoms with E-state index in [0.717, 1.165) is 40.3 Å². The van der Waals surface area contributed by atoms with Crippen LogP contribution in [-0.4, -0.2) is 16.3 Å². The van der Waals surface area contributed by atoms with Crippen LogP contribution in [0.15, 0.2) is 48.7 Å². The van der Waals surface area contributed by atoms with Crippen LogP contribution in [0.3, 0.4) is 0 Å². The van der Waals surface area contributed by atoms with Gasteiger partial charge in [0.1, 0.15) is 0 Å². The molecule has 0 aliphatic rings. The maximum absolute atomic E-state index is 6.35. The molecule has 1 aromatic heterocycles. The Balaban J connectivity index is 2.16. The van der Waals surface area contributed by atoms with E-state index in [4.69, 9.17) is 11.6 Å². The van der Waals surface area contributed by atoms with Gasteiger partial charge in [-0.15, -0.1) is 0 Å². The van der Waals surface area contributed by atoms with Gasteiger partial charge in [-0.3, -0.25) is 0 Å². The van der Waals surface area contributed by atoms with Gasteiger partial charge in [0.2, 0.25) is 0 Å². The van der Waals surface area contributed by atoms with E-state index in [1.54, 1.807) is 0 Å². The first-order valence-electron chi connectivity index (χ1n) is 6.72. The van der Waals surface area contributed by atoms with Crippen molar-refractivity contribution in [1.82, 2.24) is 15.1 Å². The normalized spacial score (nSPS) is 11.1. The Kier molecular flexibility index (Phi) is 3.72. The highest BCUT2D eigenvalue weighted by Crippen LogP contribution is 2.26. The molecular weight excluding hydrogens is 270 g/mol. The lowest BCUT2D eigenvalue weighted by molar-refractivity contribution is 0.719. The Labute approximate surface area is 123 Å². The lowest BCUT2D eigenvalue weighted by Gasteiger charge is -2.12. The van der Waals surface area contributed by atoms with Gasteiger partial charge in [-0.25, -0.2) is 4.68 Å². The minimum atomic E-state index is 0.736. The first-order valence-corrected chi connectivity index (χ1v) is 7.10. The van der Waals surface area contributed by atoms with Gasteiger partial charge in [-0.05, 0) is 24.7 Å². The molecule has 0 fully saturated rings. The van der Waals surface area contributed by atoms with Gasteiger partial charge in [0, 0.05) is 22.5 Å². The SMILES string of the molecule is CCNCc1c(Cl)cccc1-n1ncc2ccccc21. The van der Waals surface area contributed by atoms with Crippen molar-refractivity contribution < 1.29 is 0 Å². The summed E-state index contributed by atoms with van der Waals surface area (Å²) in [5.74, 6) is 0. The summed E-state index contributed by atoms with van der Waals surface area (Å²) in [6.45, 7) is 3.73. The molecule has 0 unspecified atom stereocenters. The number of hydrogen-bond acceptors (Lipinski definition) is 2. The molecule has 1 heterocycles. The minimum absolute atomic E-state index is 0.736. The Morgan fingerprint density at radius 3 is 2.85 bits per heavy atom. The Morgan fingerprint density at radius 2 is 2.00 bits per heavy atom. The van der Waals surface area contributed by atoms with Crippen LogP contribution in [0.4, 0.5) is 0 Å². The summed E-state index contributed by atoms with van der Waals surface area (Å²) in [7, 11) is 0. The Bertz CT molecular complexity index is 733. The number of para-hydroxylation sites is 1. The van der Waals surface area contributed by atoms with Gasteiger partial charge in [0.05, 0.1) is 17.4 Å². The summed E-state index contributed by atoms with van der Waals surface area (Å²) < 4.78 is 1.95. The van der Waals surface area contributed by atoms with Crippen LogP contribution in [-0.2, 0) is 6.54 Å². The van der Waals surface area contributed by atoms with Crippen molar-refractivity contribution in [2.45, 2.75) is 13.5 Å². The zero-order valence-electron chi connectivity index (χ0n) is 11.3. The van der Waals surface area contributed by atoms with Gasteiger partial charge in [0.15, 0.2) is 0 Å². The number of nitrogens with zero attached hydrogens (tertiary/aromatic N) is 2. The molecule has 0 atom stereocenters. The molecule has 3 rings (SSSR count). The predicted molar refractivity (Wildman–Crippen MR) is 83.5 cm³/mol. The number of benzene rings is 2. The molecule has 0 spiro atoms. The number of fused-ring (bicyclic) bond motifs is 1. The maximum atomic E-state index is 6.35.